The van der Waals surface area contributed by atoms with Gasteiger partial charge in [-0.25, -0.2) is 0 Å². The molecule has 1 aromatic carbocycles. The van der Waals surface area contributed by atoms with Gasteiger partial charge < -0.3 is 5.73 Å². The molecule has 1 fully saturated rings. The summed E-state index contributed by atoms with van der Waals surface area (Å²) in [7, 11) is 0. The van der Waals surface area contributed by atoms with E-state index in [1.165, 1.54) is 12.0 Å². The van der Waals surface area contributed by atoms with Crippen LogP contribution in [0.3, 0.4) is 0 Å². The van der Waals surface area contributed by atoms with Crippen LogP contribution in [-0.4, -0.2) is 48.6 Å². The van der Waals surface area contributed by atoms with Gasteiger partial charge >= 0.3 is 0 Å². The monoisotopic (exact) mass is 373 g/mol. The standard InChI is InChI=1S/C16H25BrClN3/c1-3-12(2)20-6-8-21(9-7-20)16(11-19)14-5-4-13(18)10-15(14)17/h4-5,10,12,16H,3,6-9,11,19H2,1-2H3. The van der Waals surface area contributed by atoms with Crippen molar-refractivity contribution in [3.05, 3.63) is 33.3 Å². The fourth-order valence-corrected chi connectivity index (χ4v) is 3.94. The van der Waals surface area contributed by atoms with Gasteiger partial charge in [0, 0.05) is 54.3 Å². The summed E-state index contributed by atoms with van der Waals surface area (Å²) >= 11 is 9.66. The molecule has 2 atom stereocenters. The Morgan fingerprint density at radius 2 is 1.86 bits per heavy atom. The first-order chi connectivity index (χ1) is 10.1. The van der Waals surface area contributed by atoms with Gasteiger partial charge in [0.25, 0.3) is 0 Å². The van der Waals surface area contributed by atoms with Gasteiger partial charge in [0.05, 0.1) is 0 Å². The smallest absolute Gasteiger partial charge is 0.0482 e. The van der Waals surface area contributed by atoms with E-state index in [9.17, 15) is 0 Å². The number of hydrogen-bond donors (Lipinski definition) is 1. The molecule has 5 heteroatoms. The minimum atomic E-state index is 0.260. The minimum Gasteiger partial charge on any atom is -0.329 e. The zero-order valence-electron chi connectivity index (χ0n) is 12.9. The summed E-state index contributed by atoms with van der Waals surface area (Å²) in [4.78, 5) is 5.06. The van der Waals surface area contributed by atoms with Crippen molar-refractivity contribution in [1.82, 2.24) is 9.80 Å². The highest BCUT2D eigenvalue weighted by atomic mass is 79.9. The number of piperazine rings is 1. The Labute approximate surface area is 141 Å². The van der Waals surface area contributed by atoms with Crippen molar-refractivity contribution in [2.24, 2.45) is 5.73 Å². The second-order valence-corrected chi connectivity index (χ2v) is 7.04. The normalized spacial score (nSPS) is 20.4. The highest BCUT2D eigenvalue weighted by molar-refractivity contribution is 9.10. The molecule has 1 aromatic rings. The first-order valence-corrected chi connectivity index (χ1v) is 8.87. The van der Waals surface area contributed by atoms with E-state index < -0.39 is 0 Å². The summed E-state index contributed by atoms with van der Waals surface area (Å²) in [5, 5.41) is 0.753. The summed E-state index contributed by atoms with van der Waals surface area (Å²) in [6, 6.07) is 6.92. The van der Waals surface area contributed by atoms with E-state index in [1.807, 2.05) is 12.1 Å². The molecule has 0 spiro atoms. The zero-order valence-corrected chi connectivity index (χ0v) is 15.2. The van der Waals surface area contributed by atoms with E-state index >= 15 is 0 Å². The fourth-order valence-electron chi connectivity index (χ4n) is 2.99. The molecule has 0 radical (unpaired) electrons. The lowest BCUT2D eigenvalue weighted by Crippen LogP contribution is -2.51. The van der Waals surface area contributed by atoms with E-state index in [-0.39, 0.29) is 6.04 Å². The van der Waals surface area contributed by atoms with E-state index in [1.54, 1.807) is 0 Å². The maximum atomic E-state index is 6.05. The first-order valence-electron chi connectivity index (χ1n) is 7.70. The third-order valence-electron chi connectivity index (χ3n) is 4.55. The van der Waals surface area contributed by atoms with E-state index in [4.69, 9.17) is 17.3 Å². The molecule has 1 heterocycles. The second-order valence-electron chi connectivity index (χ2n) is 5.75. The Morgan fingerprint density at radius 3 is 2.38 bits per heavy atom. The SMILES string of the molecule is CCC(C)N1CCN(C(CN)c2ccc(Cl)cc2Br)CC1. The van der Waals surface area contributed by atoms with Gasteiger partial charge in [0.15, 0.2) is 0 Å². The van der Waals surface area contributed by atoms with Crippen LogP contribution in [-0.2, 0) is 0 Å². The Morgan fingerprint density at radius 1 is 1.24 bits per heavy atom. The van der Waals surface area contributed by atoms with E-state index in [0.717, 1.165) is 35.7 Å². The molecule has 118 valence electrons. The highest BCUT2D eigenvalue weighted by Gasteiger charge is 2.26. The molecule has 3 nitrogen and oxygen atoms in total. The number of benzene rings is 1. The van der Waals surface area contributed by atoms with Gasteiger partial charge in [-0.1, -0.05) is 40.5 Å². The maximum Gasteiger partial charge on any atom is 0.0482 e. The summed E-state index contributed by atoms with van der Waals surface area (Å²) in [5.41, 5.74) is 7.29. The highest BCUT2D eigenvalue weighted by Crippen LogP contribution is 2.30. The molecular formula is C16H25BrClN3. The number of nitrogens with zero attached hydrogens (tertiary/aromatic N) is 2. The molecule has 0 aliphatic carbocycles. The van der Waals surface area contributed by atoms with Crippen molar-refractivity contribution in [1.29, 1.82) is 0 Å². The van der Waals surface area contributed by atoms with Crippen molar-refractivity contribution in [3.63, 3.8) is 0 Å². The van der Waals surface area contributed by atoms with Crippen LogP contribution in [0.25, 0.3) is 0 Å². The lowest BCUT2D eigenvalue weighted by molar-refractivity contribution is 0.0741. The summed E-state index contributed by atoms with van der Waals surface area (Å²) in [5.74, 6) is 0. The van der Waals surface area contributed by atoms with Crippen molar-refractivity contribution < 1.29 is 0 Å². The summed E-state index contributed by atoms with van der Waals surface area (Å²) in [6.07, 6.45) is 1.21. The quantitative estimate of drug-likeness (QED) is 0.856. The topological polar surface area (TPSA) is 32.5 Å². The van der Waals surface area contributed by atoms with Gasteiger partial charge in [-0.05, 0) is 31.0 Å². The molecule has 1 aliphatic heterocycles. The lowest BCUT2D eigenvalue weighted by atomic mass is 10.0. The average molecular weight is 375 g/mol. The Hall–Kier alpha value is -0.130. The van der Waals surface area contributed by atoms with Crippen molar-refractivity contribution >= 4 is 27.5 Å². The number of hydrogen-bond acceptors (Lipinski definition) is 3. The van der Waals surface area contributed by atoms with Gasteiger partial charge in [-0.3, -0.25) is 9.80 Å². The fraction of sp³-hybridized carbons (Fsp3) is 0.625. The number of nitrogens with two attached hydrogens (primary N) is 1. The summed E-state index contributed by atoms with van der Waals surface area (Å²) < 4.78 is 1.05. The Kier molecular flexibility index (Phi) is 6.51. The Balaban J connectivity index is 2.06. The van der Waals surface area contributed by atoms with Crippen LogP contribution in [0.15, 0.2) is 22.7 Å². The lowest BCUT2D eigenvalue weighted by Gasteiger charge is -2.41. The van der Waals surface area contributed by atoms with Crippen LogP contribution in [0.1, 0.15) is 31.9 Å². The van der Waals surface area contributed by atoms with Gasteiger partial charge in [0.1, 0.15) is 0 Å². The minimum absolute atomic E-state index is 0.260. The van der Waals surface area contributed by atoms with Crippen LogP contribution < -0.4 is 5.73 Å². The number of rotatable bonds is 5. The third-order valence-corrected chi connectivity index (χ3v) is 5.47. The van der Waals surface area contributed by atoms with Gasteiger partial charge in [0.2, 0.25) is 0 Å². The third kappa shape index (κ3) is 4.20. The zero-order chi connectivity index (χ0) is 15.4. The average Bonchev–Trinajstić information content (AvgIpc) is 2.50. The molecule has 2 N–H and O–H groups in total. The van der Waals surface area contributed by atoms with E-state index in [0.29, 0.717) is 12.6 Å². The van der Waals surface area contributed by atoms with Crippen LogP contribution in [0, 0.1) is 0 Å². The molecular weight excluding hydrogens is 350 g/mol. The largest absolute Gasteiger partial charge is 0.329 e. The molecule has 21 heavy (non-hydrogen) atoms. The van der Waals surface area contributed by atoms with Crippen molar-refractivity contribution in [2.75, 3.05) is 32.7 Å². The maximum absolute atomic E-state index is 6.05. The predicted molar refractivity (Wildman–Crippen MR) is 93.8 cm³/mol. The van der Waals surface area contributed by atoms with Gasteiger partial charge in [-0.15, -0.1) is 0 Å². The first kappa shape index (κ1) is 17.2. The predicted octanol–water partition coefficient (Wildman–Crippen LogP) is 3.52. The van der Waals surface area contributed by atoms with Crippen LogP contribution in [0.2, 0.25) is 5.02 Å². The molecule has 2 unspecified atom stereocenters. The molecule has 1 saturated heterocycles. The Bertz CT molecular complexity index is 461. The van der Waals surface area contributed by atoms with E-state index in [2.05, 4.69) is 45.6 Å². The van der Waals surface area contributed by atoms with Crippen LogP contribution >= 0.6 is 27.5 Å². The van der Waals surface area contributed by atoms with Crippen molar-refractivity contribution in [2.45, 2.75) is 32.4 Å². The van der Waals surface area contributed by atoms with Crippen LogP contribution in [0.5, 0.6) is 0 Å². The number of halogens is 2. The molecule has 1 aliphatic rings. The second kappa shape index (κ2) is 7.93. The van der Waals surface area contributed by atoms with Crippen molar-refractivity contribution in [3.8, 4) is 0 Å². The molecule has 2 rings (SSSR count). The molecule has 0 saturated carbocycles. The van der Waals surface area contributed by atoms with Gasteiger partial charge in [-0.2, -0.15) is 0 Å². The molecule has 0 amide bonds. The molecule has 0 aromatic heterocycles. The summed E-state index contributed by atoms with van der Waals surface area (Å²) in [6.45, 7) is 9.58. The molecule has 0 bridgehead atoms. The van der Waals surface area contributed by atoms with Crippen LogP contribution in [0.4, 0.5) is 0 Å².